The molecule has 5 nitrogen and oxygen atoms in total. The Labute approximate surface area is 124 Å². The molecule has 1 aliphatic carbocycles. The molecule has 1 N–H and O–H groups in total. The highest BCUT2D eigenvalue weighted by atomic mass is 32.1. The van der Waals surface area contributed by atoms with Gasteiger partial charge in [0.1, 0.15) is 5.01 Å². The van der Waals surface area contributed by atoms with Crippen LogP contribution in [0.4, 0.5) is 0 Å². The Morgan fingerprint density at radius 3 is 2.75 bits per heavy atom. The molecule has 0 spiro atoms. The van der Waals surface area contributed by atoms with E-state index in [1.54, 1.807) is 30.3 Å². The Balaban J connectivity index is 1.78. The maximum Gasteiger partial charge on any atom is 0.228 e. The van der Waals surface area contributed by atoms with Crippen LogP contribution in [0.3, 0.4) is 0 Å². The molecule has 1 fully saturated rings. The number of aromatic nitrogens is 1. The molecule has 0 unspecified atom stereocenters. The highest BCUT2D eigenvalue weighted by Gasteiger charge is 2.27. The van der Waals surface area contributed by atoms with Gasteiger partial charge in [-0.1, -0.05) is 0 Å². The first kappa shape index (κ1) is 15.4. The van der Waals surface area contributed by atoms with Crippen molar-refractivity contribution < 1.29 is 9.90 Å². The number of hydrogen-bond donors (Lipinski definition) is 1. The Hall–Kier alpha value is -0.980. The summed E-state index contributed by atoms with van der Waals surface area (Å²) in [5, 5.41) is 12.2. The zero-order chi connectivity index (χ0) is 14.7. The van der Waals surface area contributed by atoms with Crippen molar-refractivity contribution in [3.8, 4) is 0 Å². The topological polar surface area (TPSA) is 56.7 Å². The van der Waals surface area contributed by atoms with Crippen molar-refractivity contribution in [1.29, 1.82) is 0 Å². The third-order valence-corrected chi connectivity index (χ3v) is 4.51. The van der Waals surface area contributed by atoms with Gasteiger partial charge in [0, 0.05) is 32.6 Å². The average Bonchev–Trinajstić information content (AvgIpc) is 2.74. The fraction of sp³-hybridized carbons (Fsp3) is 0.714. The van der Waals surface area contributed by atoms with Crippen molar-refractivity contribution in [2.24, 2.45) is 5.92 Å². The first-order valence-electron chi connectivity index (χ1n) is 6.94. The fourth-order valence-corrected chi connectivity index (χ4v) is 3.20. The third-order valence-electron chi connectivity index (χ3n) is 3.61. The summed E-state index contributed by atoms with van der Waals surface area (Å²) in [5.41, 5.74) is 1.03. The van der Waals surface area contributed by atoms with Crippen LogP contribution in [0.15, 0.2) is 5.38 Å². The van der Waals surface area contributed by atoms with Crippen molar-refractivity contribution in [3.05, 3.63) is 16.1 Å². The van der Waals surface area contributed by atoms with E-state index in [1.165, 1.54) is 0 Å². The van der Waals surface area contributed by atoms with Crippen LogP contribution in [-0.4, -0.2) is 59.6 Å². The summed E-state index contributed by atoms with van der Waals surface area (Å²) in [4.78, 5) is 20.0. The lowest BCUT2D eigenvalue weighted by Crippen LogP contribution is -2.36. The lowest BCUT2D eigenvalue weighted by molar-refractivity contribution is -0.127. The summed E-state index contributed by atoms with van der Waals surface area (Å²) in [7, 11) is 5.60. The number of aliphatic hydroxyl groups is 1. The van der Waals surface area contributed by atoms with E-state index in [1.807, 2.05) is 5.38 Å². The molecule has 1 heterocycles. The van der Waals surface area contributed by atoms with Crippen molar-refractivity contribution in [2.45, 2.75) is 31.9 Å². The van der Waals surface area contributed by atoms with Gasteiger partial charge in [-0.15, -0.1) is 11.3 Å². The molecule has 112 valence electrons. The Bertz CT molecular complexity index is 455. The number of carbonyl (C=O) groups is 1. The first-order chi connectivity index (χ1) is 9.44. The molecule has 0 bridgehead atoms. The quantitative estimate of drug-likeness (QED) is 0.850. The molecule has 6 heteroatoms. The number of aliphatic hydroxyl groups excluding tert-OH is 1. The molecule has 2 rings (SSSR count). The molecular formula is C14H23N3O2S. The summed E-state index contributed by atoms with van der Waals surface area (Å²) in [6.07, 6.45) is 2.14. The van der Waals surface area contributed by atoms with Gasteiger partial charge in [0.25, 0.3) is 0 Å². The molecule has 1 saturated carbocycles. The lowest BCUT2D eigenvalue weighted by Gasteiger charge is -2.34. The lowest BCUT2D eigenvalue weighted by atomic mass is 9.82. The predicted molar refractivity (Wildman–Crippen MR) is 79.6 cm³/mol. The Morgan fingerprint density at radius 1 is 1.45 bits per heavy atom. The summed E-state index contributed by atoms with van der Waals surface area (Å²) in [6.45, 7) is 1.81. The summed E-state index contributed by atoms with van der Waals surface area (Å²) in [5.74, 6) is 0.700. The number of carbonyl (C=O) groups excluding carboxylic acids is 1. The number of nitrogens with zero attached hydrogens (tertiary/aromatic N) is 3. The van der Waals surface area contributed by atoms with E-state index in [-0.39, 0.29) is 12.0 Å². The zero-order valence-electron chi connectivity index (χ0n) is 12.4. The van der Waals surface area contributed by atoms with E-state index >= 15 is 0 Å². The van der Waals surface area contributed by atoms with Gasteiger partial charge in [0.15, 0.2) is 0 Å². The van der Waals surface area contributed by atoms with Crippen LogP contribution in [0.1, 0.15) is 23.5 Å². The Morgan fingerprint density at radius 2 is 2.15 bits per heavy atom. The molecule has 1 amide bonds. The molecule has 0 radical (unpaired) electrons. The van der Waals surface area contributed by atoms with E-state index in [9.17, 15) is 9.90 Å². The molecule has 0 saturated heterocycles. The number of thiazole rings is 1. The predicted octanol–water partition coefficient (Wildman–Crippen LogP) is 0.976. The third kappa shape index (κ3) is 4.26. The van der Waals surface area contributed by atoms with Crippen LogP contribution in [0.25, 0.3) is 0 Å². The van der Waals surface area contributed by atoms with Crippen LogP contribution in [0, 0.1) is 5.92 Å². The van der Waals surface area contributed by atoms with Crippen molar-refractivity contribution in [1.82, 2.24) is 14.8 Å². The molecule has 1 aliphatic rings. The SMILES string of the molecule is CN(Cc1csc(CC(=O)N(C)C)n1)CC1CC(O)C1. The van der Waals surface area contributed by atoms with Gasteiger partial charge in [-0.2, -0.15) is 0 Å². The number of rotatable bonds is 6. The maximum absolute atomic E-state index is 11.6. The van der Waals surface area contributed by atoms with E-state index in [0.29, 0.717) is 12.3 Å². The molecular weight excluding hydrogens is 274 g/mol. The van der Waals surface area contributed by atoms with Crippen LogP contribution in [-0.2, 0) is 17.8 Å². The Kier molecular flexibility index (Phi) is 5.12. The minimum Gasteiger partial charge on any atom is -0.393 e. The van der Waals surface area contributed by atoms with E-state index < -0.39 is 0 Å². The van der Waals surface area contributed by atoms with E-state index in [0.717, 1.165) is 36.6 Å². The largest absolute Gasteiger partial charge is 0.393 e. The number of likely N-dealkylation sites (N-methyl/N-ethyl adjacent to an activating group) is 1. The number of hydrogen-bond acceptors (Lipinski definition) is 5. The van der Waals surface area contributed by atoms with Gasteiger partial charge < -0.3 is 14.9 Å². The zero-order valence-corrected chi connectivity index (χ0v) is 13.2. The van der Waals surface area contributed by atoms with Gasteiger partial charge in [0.2, 0.25) is 5.91 Å². The van der Waals surface area contributed by atoms with Crippen molar-refractivity contribution in [2.75, 3.05) is 27.7 Å². The molecule has 0 aliphatic heterocycles. The van der Waals surface area contributed by atoms with Crippen LogP contribution >= 0.6 is 11.3 Å². The van der Waals surface area contributed by atoms with E-state index in [4.69, 9.17) is 0 Å². The average molecular weight is 297 g/mol. The van der Waals surface area contributed by atoms with Gasteiger partial charge in [-0.25, -0.2) is 4.98 Å². The maximum atomic E-state index is 11.6. The minimum atomic E-state index is -0.0867. The molecule has 1 aromatic heterocycles. The minimum absolute atomic E-state index is 0.0858. The fourth-order valence-electron chi connectivity index (χ4n) is 2.42. The second-order valence-corrected chi connectivity index (χ2v) is 6.83. The highest BCUT2D eigenvalue weighted by molar-refractivity contribution is 7.09. The smallest absolute Gasteiger partial charge is 0.228 e. The molecule has 20 heavy (non-hydrogen) atoms. The highest BCUT2D eigenvalue weighted by Crippen LogP contribution is 2.27. The second kappa shape index (κ2) is 6.65. The van der Waals surface area contributed by atoms with Gasteiger partial charge >= 0.3 is 0 Å². The molecule has 1 aromatic rings. The normalized spacial score (nSPS) is 21.9. The molecule has 0 aromatic carbocycles. The summed E-state index contributed by atoms with van der Waals surface area (Å²) >= 11 is 1.55. The van der Waals surface area contributed by atoms with E-state index in [2.05, 4.69) is 16.9 Å². The number of amides is 1. The standard InChI is InChI=1S/C14H23N3O2S/c1-16(2)14(19)6-13-15-11(9-20-13)8-17(3)7-10-4-12(18)5-10/h9-10,12,18H,4-8H2,1-3H3. The van der Waals surface area contributed by atoms with Gasteiger partial charge in [0.05, 0.1) is 18.2 Å². The van der Waals surface area contributed by atoms with Crippen molar-refractivity contribution >= 4 is 17.2 Å². The van der Waals surface area contributed by atoms with Crippen LogP contribution in [0.2, 0.25) is 0 Å². The first-order valence-corrected chi connectivity index (χ1v) is 7.82. The van der Waals surface area contributed by atoms with Crippen molar-refractivity contribution in [3.63, 3.8) is 0 Å². The van der Waals surface area contributed by atoms with Crippen LogP contribution in [0.5, 0.6) is 0 Å². The summed E-state index contributed by atoms with van der Waals surface area (Å²) in [6, 6.07) is 0. The van der Waals surface area contributed by atoms with Gasteiger partial charge in [-0.05, 0) is 25.8 Å². The van der Waals surface area contributed by atoms with Gasteiger partial charge in [-0.3, -0.25) is 4.79 Å². The second-order valence-electron chi connectivity index (χ2n) is 5.89. The monoisotopic (exact) mass is 297 g/mol. The molecule has 0 atom stereocenters. The summed E-state index contributed by atoms with van der Waals surface area (Å²) < 4.78 is 0. The van der Waals surface area contributed by atoms with Crippen LogP contribution < -0.4 is 0 Å².